The first-order chi connectivity index (χ1) is 30.5. The maximum Gasteiger partial charge on any atom is 0.333 e. The van der Waals surface area contributed by atoms with Crippen LogP contribution in [-0.2, 0) is 24.5 Å². The van der Waals surface area contributed by atoms with Gasteiger partial charge in [-0.1, -0.05) is 98.1 Å². The predicted octanol–water partition coefficient (Wildman–Crippen LogP) is 10.4. The number of rotatable bonds is 14. The molecule has 0 amide bonds. The van der Waals surface area contributed by atoms with Crippen LogP contribution in [0.25, 0.3) is 54.2 Å². The number of carbonyl (C=O) groups is 2. The first kappa shape index (κ1) is 41.1. The summed E-state index contributed by atoms with van der Waals surface area (Å²) in [5.41, 5.74) is 6.74. The Balaban J connectivity index is 1.14. The Bertz CT molecular complexity index is 2920. The highest BCUT2D eigenvalue weighted by atomic mass is 16.6. The standard InChI is InChI=1S/C55H46O8/c1-33(2)53(58)62-31-45(56)29-60-47-19-15-39-21-43(17-13-41(39)23-47)55(44-18-14-42-24-48(20-16-40(42)22-44)61-30-46(57)32-63-54(59)34(3)4)51-27-37-11-7-5-9-35(37)25-49(51)50-26-36-10-6-8-12-38(36)28-52(50)55/h5-28,45-46,56-57H,1,3,29-32H2,2,4H3. The number of benzene rings is 8. The smallest absolute Gasteiger partial charge is 0.333 e. The maximum absolute atomic E-state index is 11.8. The molecule has 8 aromatic carbocycles. The van der Waals surface area contributed by atoms with Crippen molar-refractivity contribution in [3.63, 3.8) is 0 Å². The van der Waals surface area contributed by atoms with Gasteiger partial charge in [0, 0.05) is 11.1 Å². The Morgan fingerprint density at radius 3 is 1.22 bits per heavy atom. The fraction of sp³-hybridized carbons (Fsp3) is 0.164. The summed E-state index contributed by atoms with van der Waals surface area (Å²) < 4.78 is 22.1. The fourth-order valence-corrected chi connectivity index (χ4v) is 8.65. The molecule has 0 spiro atoms. The molecule has 0 heterocycles. The highest BCUT2D eigenvalue weighted by Gasteiger charge is 2.47. The average molecular weight is 835 g/mol. The summed E-state index contributed by atoms with van der Waals surface area (Å²) in [6.07, 6.45) is -2.00. The lowest BCUT2D eigenvalue weighted by Crippen LogP contribution is -2.28. The van der Waals surface area contributed by atoms with Gasteiger partial charge in [0.1, 0.15) is 50.1 Å². The SMILES string of the molecule is C=C(C)C(=O)OCC(O)COc1ccc2cc(C3(c4ccc5cc(OCC(O)COC(=O)C(=C)C)ccc5c4)c4cc5ccccc5cc4-c4cc5ccccc5cc43)ccc2c1. The highest BCUT2D eigenvalue weighted by Crippen LogP contribution is 2.58. The van der Waals surface area contributed by atoms with Gasteiger partial charge in [0.05, 0.1) is 5.41 Å². The van der Waals surface area contributed by atoms with Crippen LogP contribution in [0.15, 0.2) is 170 Å². The van der Waals surface area contributed by atoms with E-state index >= 15 is 0 Å². The van der Waals surface area contributed by atoms with Gasteiger partial charge < -0.3 is 29.2 Å². The van der Waals surface area contributed by atoms with Crippen molar-refractivity contribution in [2.75, 3.05) is 26.4 Å². The van der Waals surface area contributed by atoms with Crippen LogP contribution in [0.1, 0.15) is 36.1 Å². The van der Waals surface area contributed by atoms with Gasteiger partial charge in [0.15, 0.2) is 0 Å². The van der Waals surface area contributed by atoms with E-state index in [0.717, 1.165) is 43.4 Å². The molecule has 1 aliphatic carbocycles. The zero-order chi connectivity index (χ0) is 43.8. The molecule has 1 aliphatic rings. The molecule has 8 aromatic rings. The van der Waals surface area contributed by atoms with E-state index in [2.05, 4.69) is 122 Å². The Morgan fingerprint density at radius 2 is 0.825 bits per heavy atom. The summed E-state index contributed by atoms with van der Waals surface area (Å²) >= 11 is 0. The van der Waals surface area contributed by atoms with Crippen LogP contribution in [0.3, 0.4) is 0 Å². The lowest BCUT2D eigenvalue weighted by atomic mass is 9.66. The molecule has 0 aromatic heterocycles. The number of fused-ring (bicyclic) bond motifs is 7. The third-order valence-electron chi connectivity index (χ3n) is 11.8. The molecule has 0 bridgehead atoms. The molecule has 8 nitrogen and oxygen atoms in total. The molecule has 0 fully saturated rings. The molecule has 2 N–H and O–H groups in total. The first-order valence-electron chi connectivity index (χ1n) is 20.9. The topological polar surface area (TPSA) is 112 Å². The van der Waals surface area contributed by atoms with Crippen molar-refractivity contribution < 1.29 is 38.7 Å². The number of carbonyl (C=O) groups excluding carboxylic acids is 2. The highest BCUT2D eigenvalue weighted by molar-refractivity contribution is 6.01. The molecule has 63 heavy (non-hydrogen) atoms. The number of aliphatic hydroxyl groups is 2. The third-order valence-corrected chi connectivity index (χ3v) is 11.8. The molecular formula is C55H46O8. The first-order valence-corrected chi connectivity index (χ1v) is 20.9. The van der Waals surface area contributed by atoms with Gasteiger partial charge in [-0.2, -0.15) is 0 Å². The minimum atomic E-state index is -1.00. The van der Waals surface area contributed by atoms with Crippen molar-refractivity contribution in [2.45, 2.75) is 31.5 Å². The summed E-state index contributed by atoms with van der Waals surface area (Å²) in [6, 6.07) is 51.4. The molecule has 9 rings (SSSR count). The van der Waals surface area contributed by atoms with E-state index in [1.54, 1.807) is 13.8 Å². The van der Waals surface area contributed by atoms with Gasteiger partial charge in [-0.3, -0.25) is 0 Å². The molecular weight excluding hydrogens is 789 g/mol. The molecule has 2 atom stereocenters. The van der Waals surface area contributed by atoms with Crippen molar-refractivity contribution in [1.29, 1.82) is 0 Å². The molecule has 314 valence electrons. The van der Waals surface area contributed by atoms with Gasteiger partial charge in [-0.15, -0.1) is 0 Å². The molecule has 0 saturated carbocycles. The minimum Gasteiger partial charge on any atom is -0.491 e. The third kappa shape index (κ3) is 7.91. The van der Waals surface area contributed by atoms with Crippen molar-refractivity contribution in [1.82, 2.24) is 0 Å². The second-order valence-electron chi connectivity index (χ2n) is 16.4. The van der Waals surface area contributed by atoms with E-state index in [1.807, 2.05) is 36.4 Å². The zero-order valence-electron chi connectivity index (χ0n) is 35.1. The van der Waals surface area contributed by atoms with Crippen molar-refractivity contribution in [2.24, 2.45) is 0 Å². The summed E-state index contributed by atoms with van der Waals surface area (Å²) in [5, 5.41) is 29.5. The van der Waals surface area contributed by atoms with Gasteiger partial charge in [-0.05, 0) is 151 Å². The van der Waals surface area contributed by atoms with Gasteiger partial charge >= 0.3 is 11.9 Å². The van der Waals surface area contributed by atoms with Crippen LogP contribution < -0.4 is 9.47 Å². The Labute approximate surface area is 365 Å². The van der Waals surface area contributed by atoms with Crippen LogP contribution in [-0.4, -0.2) is 60.8 Å². The summed E-state index contributed by atoms with van der Waals surface area (Å²) in [7, 11) is 0. The summed E-state index contributed by atoms with van der Waals surface area (Å²) in [6.45, 7) is 9.80. The van der Waals surface area contributed by atoms with Crippen LogP contribution in [0.4, 0.5) is 0 Å². The predicted molar refractivity (Wildman–Crippen MR) is 248 cm³/mol. The summed E-state index contributed by atoms with van der Waals surface area (Å²) in [5.74, 6) is 0.0621. The Morgan fingerprint density at radius 1 is 0.476 bits per heavy atom. The molecule has 0 saturated heterocycles. The number of ether oxygens (including phenoxy) is 4. The van der Waals surface area contributed by atoms with Crippen LogP contribution in [0, 0.1) is 0 Å². The number of aliphatic hydroxyl groups excluding tert-OH is 2. The van der Waals surface area contributed by atoms with Crippen LogP contribution in [0.5, 0.6) is 11.5 Å². The van der Waals surface area contributed by atoms with Gasteiger partial charge in [-0.25, -0.2) is 9.59 Å². The molecule has 0 radical (unpaired) electrons. The summed E-state index contributed by atoms with van der Waals surface area (Å²) in [4.78, 5) is 23.6. The van der Waals surface area contributed by atoms with E-state index < -0.39 is 29.6 Å². The monoisotopic (exact) mass is 834 g/mol. The van der Waals surface area contributed by atoms with Crippen LogP contribution in [0.2, 0.25) is 0 Å². The van der Waals surface area contributed by atoms with E-state index in [4.69, 9.17) is 18.9 Å². The van der Waals surface area contributed by atoms with Crippen molar-refractivity contribution in [3.8, 4) is 22.6 Å². The Kier molecular flexibility index (Phi) is 11.0. The van der Waals surface area contributed by atoms with Crippen molar-refractivity contribution in [3.05, 3.63) is 192 Å². The number of hydrogen-bond donors (Lipinski definition) is 2. The maximum atomic E-state index is 11.8. The molecule has 0 aliphatic heterocycles. The van der Waals surface area contributed by atoms with Crippen molar-refractivity contribution >= 4 is 55.0 Å². The number of esters is 2. The van der Waals surface area contributed by atoms with Gasteiger partial charge in [0.2, 0.25) is 0 Å². The van der Waals surface area contributed by atoms with E-state index in [9.17, 15) is 19.8 Å². The van der Waals surface area contributed by atoms with E-state index in [1.165, 1.54) is 33.0 Å². The normalized spacial score (nSPS) is 13.6. The Hall–Kier alpha value is -7.26. The fourth-order valence-electron chi connectivity index (χ4n) is 8.65. The molecule has 2 unspecified atom stereocenters. The minimum absolute atomic E-state index is 0.0455. The van der Waals surface area contributed by atoms with Crippen LogP contribution >= 0.6 is 0 Å². The second kappa shape index (κ2) is 16.9. The average Bonchev–Trinajstić information content (AvgIpc) is 3.57. The largest absolute Gasteiger partial charge is 0.491 e. The lowest BCUT2D eigenvalue weighted by molar-refractivity contribution is -0.143. The molecule has 8 heteroatoms. The lowest BCUT2D eigenvalue weighted by Gasteiger charge is -2.34. The van der Waals surface area contributed by atoms with Gasteiger partial charge in [0.25, 0.3) is 0 Å². The number of hydrogen-bond acceptors (Lipinski definition) is 8. The quantitative estimate of drug-likeness (QED) is 0.0823. The zero-order valence-corrected chi connectivity index (χ0v) is 35.1. The van der Waals surface area contributed by atoms with E-state index in [0.29, 0.717) is 11.5 Å². The van der Waals surface area contributed by atoms with E-state index in [-0.39, 0.29) is 37.6 Å². The second-order valence-corrected chi connectivity index (χ2v) is 16.4.